The standard InChI is InChI=1S/C18H24N4O4/c1-4-5-6-26-17(23)11-8-14(24-2)13(15(9-11)25-3)7-12-10-21-18(20)22-16(12)19/h8-10H,4-7H2,1-3H3,(H4,19,20,21,22). The zero-order chi connectivity index (χ0) is 19.1. The van der Waals surface area contributed by atoms with Crippen molar-refractivity contribution >= 4 is 17.7 Å². The van der Waals surface area contributed by atoms with Gasteiger partial charge in [-0.15, -0.1) is 0 Å². The first-order valence-electron chi connectivity index (χ1n) is 8.29. The monoisotopic (exact) mass is 360 g/mol. The Kier molecular flexibility index (Phi) is 6.60. The van der Waals surface area contributed by atoms with Crippen LogP contribution in [0.2, 0.25) is 0 Å². The molecule has 4 N–H and O–H groups in total. The Balaban J connectivity index is 2.35. The first kappa shape index (κ1) is 19.3. The summed E-state index contributed by atoms with van der Waals surface area (Å²) in [7, 11) is 3.04. The number of carbonyl (C=O) groups is 1. The van der Waals surface area contributed by atoms with E-state index in [1.807, 2.05) is 6.92 Å². The van der Waals surface area contributed by atoms with Crippen LogP contribution in [-0.4, -0.2) is 36.8 Å². The van der Waals surface area contributed by atoms with Crippen molar-refractivity contribution in [3.63, 3.8) is 0 Å². The average molecular weight is 360 g/mol. The second-order valence-corrected chi connectivity index (χ2v) is 5.66. The van der Waals surface area contributed by atoms with E-state index < -0.39 is 5.97 Å². The van der Waals surface area contributed by atoms with Crippen LogP contribution in [0.25, 0.3) is 0 Å². The molecule has 0 fully saturated rings. The molecule has 0 spiro atoms. The third-order valence-electron chi connectivity index (χ3n) is 3.86. The van der Waals surface area contributed by atoms with Gasteiger partial charge in [0, 0.05) is 23.7 Å². The number of ether oxygens (including phenoxy) is 3. The van der Waals surface area contributed by atoms with E-state index in [1.165, 1.54) is 14.2 Å². The van der Waals surface area contributed by atoms with Crippen LogP contribution in [0.4, 0.5) is 11.8 Å². The van der Waals surface area contributed by atoms with Crippen molar-refractivity contribution in [3.05, 3.63) is 35.0 Å². The molecule has 0 bridgehead atoms. The maximum absolute atomic E-state index is 12.2. The third-order valence-corrected chi connectivity index (χ3v) is 3.86. The van der Waals surface area contributed by atoms with E-state index >= 15 is 0 Å². The van der Waals surface area contributed by atoms with E-state index in [9.17, 15) is 4.79 Å². The lowest BCUT2D eigenvalue weighted by molar-refractivity contribution is 0.0499. The number of benzene rings is 1. The molecule has 8 heteroatoms. The Bertz CT molecular complexity index is 755. The van der Waals surface area contributed by atoms with Crippen molar-refractivity contribution in [1.82, 2.24) is 9.97 Å². The SMILES string of the molecule is CCCCOC(=O)c1cc(OC)c(Cc2cnc(N)nc2N)c(OC)c1. The van der Waals surface area contributed by atoms with Gasteiger partial charge >= 0.3 is 5.97 Å². The highest BCUT2D eigenvalue weighted by Crippen LogP contribution is 2.33. The summed E-state index contributed by atoms with van der Waals surface area (Å²) in [6.07, 6.45) is 3.69. The predicted octanol–water partition coefficient (Wildman–Crippen LogP) is 2.21. The predicted molar refractivity (Wildman–Crippen MR) is 98.4 cm³/mol. The maximum Gasteiger partial charge on any atom is 0.338 e. The molecule has 0 amide bonds. The molecule has 0 aliphatic rings. The molecule has 0 aliphatic heterocycles. The Labute approximate surface area is 152 Å². The van der Waals surface area contributed by atoms with Crippen LogP contribution in [0, 0.1) is 0 Å². The van der Waals surface area contributed by atoms with Gasteiger partial charge in [0.1, 0.15) is 17.3 Å². The molecule has 1 aromatic carbocycles. The average Bonchev–Trinajstić information content (AvgIpc) is 2.63. The molecule has 0 radical (unpaired) electrons. The Morgan fingerprint density at radius 2 is 1.81 bits per heavy atom. The number of carbonyl (C=O) groups excluding carboxylic acids is 1. The number of esters is 1. The van der Waals surface area contributed by atoms with Crippen molar-refractivity contribution < 1.29 is 19.0 Å². The van der Waals surface area contributed by atoms with Crippen LogP contribution in [-0.2, 0) is 11.2 Å². The second-order valence-electron chi connectivity index (χ2n) is 5.66. The third kappa shape index (κ3) is 4.53. The van der Waals surface area contributed by atoms with E-state index in [1.54, 1.807) is 18.3 Å². The van der Waals surface area contributed by atoms with Crippen LogP contribution in [0.15, 0.2) is 18.3 Å². The molecule has 8 nitrogen and oxygen atoms in total. The first-order chi connectivity index (χ1) is 12.5. The topological polar surface area (TPSA) is 123 Å². The van der Waals surface area contributed by atoms with Gasteiger partial charge in [-0.05, 0) is 18.6 Å². The van der Waals surface area contributed by atoms with Crippen LogP contribution < -0.4 is 20.9 Å². The van der Waals surface area contributed by atoms with Crippen molar-refractivity contribution in [2.24, 2.45) is 0 Å². The zero-order valence-electron chi connectivity index (χ0n) is 15.2. The minimum absolute atomic E-state index is 0.107. The number of aromatic nitrogens is 2. The van der Waals surface area contributed by atoms with Crippen LogP contribution >= 0.6 is 0 Å². The molecule has 0 atom stereocenters. The summed E-state index contributed by atoms with van der Waals surface area (Å²) in [5.74, 6) is 0.947. The highest BCUT2D eigenvalue weighted by molar-refractivity contribution is 5.91. The van der Waals surface area contributed by atoms with E-state index in [2.05, 4.69) is 9.97 Å². The molecular formula is C18H24N4O4. The number of unbranched alkanes of at least 4 members (excludes halogenated alkanes) is 1. The Morgan fingerprint density at radius 1 is 1.15 bits per heavy atom. The van der Waals surface area contributed by atoms with Gasteiger partial charge in [-0.1, -0.05) is 13.3 Å². The van der Waals surface area contributed by atoms with E-state index in [0.717, 1.165) is 18.4 Å². The normalized spacial score (nSPS) is 10.4. The lowest BCUT2D eigenvalue weighted by Crippen LogP contribution is -2.09. The number of nitrogens with zero attached hydrogens (tertiary/aromatic N) is 2. The molecule has 1 heterocycles. The van der Waals surface area contributed by atoms with Crippen molar-refractivity contribution in [3.8, 4) is 11.5 Å². The number of anilines is 2. The van der Waals surface area contributed by atoms with Crippen molar-refractivity contribution in [2.75, 3.05) is 32.3 Å². The summed E-state index contributed by atoms with van der Waals surface area (Å²) < 4.78 is 16.1. The van der Waals surface area contributed by atoms with Gasteiger partial charge in [-0.25, -0.2) is 9.78 Å². The summed E-state index contributed by atoms with van der Waals surface area (Å²) in [6.45, 7) is 2.41. The fraction of sp³-hybridized carbons (Fsp3) is 0.389. The molecule has 0 aliphatic carbocycles. The Hall–Kier alpha value is -3.03. The fourth-order valence-corrected chi connectivity index (χ4v) is 2.43. The number of nitrogen functional groups attached to an aromatic ring is 2. The van der Waals surface area contributed by atoms with Crippen LogP contribution in [0.3, 0.4) is 0 Å². The molecule has 2 aromatic rings. The molecule has 26 heavy (non-hydrogen) atoms. The highest BCUT2D eigenvalue weighted by Gasteiger charge is 2.19. The summed E-state index contributed by atoms with van der Waals surface area (Å²) >= 11 is 0. The maximum atomic E-state index is 12.2. The molecule has 0 saturated carbocycles. The highest BCUT2D eigenvalue weighted by atomic mass is 16.5. The first-order valence-corrected chi connectivity index (χ1v) is 8.29. The molecule has 2 rings (SSSR count). The summed E-state index contributed by atoms with van der Waals surface area (Å²) in [6, 6.07) is 3.25. The number of rotatable bonds is 8. The van der Waals surface area contributed by atoms with Gasteiger partial charge in [-0.2, -0.15) is 4.98 Å². The smallest absolute Gasteiger partial charge is 0.338 e. The van der Waals surface area contributed by atoms with Gasteiger partial charge in [0.25, 0.3) is 0 Å². The largest absolute Gasteiger partial charge is 0.496 e. The molecule has 140 valence electrons. The Morgan fingerprint density at radius 3 is 2.35 bits per heavy atom. The quantitative estimate of drug-likeness (QED) is 0.542. The number of hydrogen-bond acceptors (Lipinski definition) is 8. The molecule has 0 unspecified atom stereocenters. The molecule has 1 aromatic heterocycles. The van der Waals surface area contributed by atoms with Crippen molar-refractivity contribution in [1.29, 1.82) is 0 Å². The minimum atomic E-state index is -0.420. The number of methoxy groups -OCH3 is 2. The molecule has 0 saturated heterocycles. The zero-order valence-corrected chi connectivity index (χ0v) is 15.2. The summed E-state index contributed by atoms with van der Waals surface area (Å²) in [5.41, 5.74) is 13.2. The summed E-state index contributed by atoms with van der Waals surface area (Å²) in [4.78, 5) is 20.2. The van der Waals surface area contributed by atoms with Gasteiger partial charge in [0.2, 0.25) is 5.95 Å². The van der Waals surface area contributed by atoms with Gasteiger partial charge in [0.05, 0.1) is 26.4 Å². The van der Waals surface area contributed by atoms with Crippen LogP contribution in [0.1, 0.15) is 41.3 Å². The second kappa shape index (κ2) is 8.89. The minimum Gasteiger partial charge on any atom is -0.496 e. The van der Waals surface area contributed by atoms with Gasteiger partial charge in [0.15, 0.2) is 0 Å². The van der Waals surface area contributed by atoms with Crippen LogP contribution in [0.5, 0.6) is 11.5 Å². The van der Waals surface area contributed by atoms with Gasteiger partial charge < -0.3 is 25.7 Å². The summed E-state index contributed by atoms with van der Waals surface area (Å²) in [5, 5.41) is 0. The number of hydrogen-bond donors (Lipinski definition) is 2. The fourth-order valence-electron chi connectivity index (χ4n) is 2.43. The lowest BCUT2D eigenvalue weighted by Gasteiger charge is -2.16. The van der Waals surface area contributed by atoms with Crippen molar-refractivity contribution in [2.45, 2.75) is 26.2 Å². The molecular weight excluding hydrogens is 336 g/mol. The number of nitrogens with two attached hydrogens (primary N) is 2. The lowest BCUT2D eigenvalue weighted by atomic mass is 10.0. The van der Waals surface area contributed by atoms with E-state index in [0.29, 0.717) is 35.7 Å². The van der Waals surface area contributed by atoms with Gasteiger partial charge in [-0.3, -0.25) is 0 Å². The van der Waals surface area contributed by atoms with E-state index in [4.69, 9.17) is 25.7 Å². The van der Waals surface area contributed by atoms with E-state index in [-0.39, 0.29) is 11.8 Å².